The Morgan fingerprint density at radius 2 is 1.67 bits per heavy atom. The van der Waals surface area contributed by atoms with Gasteiger partial charge in [0.05, 0.1) is 6.54 Å². The predicted octanol–water partition coefficient (Wildman–Crippen LogP) is 2.66. The summed E-state index contributed by atoms with van der Waals surface area (Å²) in [7, 11) is 0. The molecule has 4 N–H and O–H groups in total. The summed E-state index contributed by atoms with van der Waals surface area (Å²) < 4.78 is 0. The summed E-state index contributed by atoms with van der Waals surface area (Å²) in [5.41, 5.74) is 7.97. The van der Waals surface area contributed by atoms with E-state index in [-0.39, 0.29) is 24.0 Å². The molecular weight excluding hydrogens is 415 g/mol. The van der Waals surface area contributed by atoms with Crippen molar-refractivity contribution in [3.63, 3.8) is 0 Å². The van der Waals surface area contributed by atoms with Gasteiger partial charge in [-0.1, -0.05) is 42.5 Å². The molecule has 0 radical (unpaired) electrons. The van der Waals surface area contributed by atoms with Gasteiger partial charge in [0.2, 0.25) is 5.91 Å². The van der Waals surface area contributed by atoms with Crippen LogP contribution in [0.25, 0.3) is 0 Å². The number of aliphatic imine (C=N–C) groups is 1. The van der Waals surface area contributed by atoms with Gasteiger partial charge in [-0.05, 0) is 30.2 Å². The van der Waals surface area contributed by atoms with Crippen molar-refractivity contribution < 1.29 is 4.79 Å². The average molecular weight is 438 g/mol. The van der Waals surface area contributed by atoms with E-state index in [4.69, 9.17) is 5.73 Å². The van der Waals surface area contributed by atoms with Crippen LogP contribution in [0.3, 0.4) is 0 Å². The van der Waals surface area contributed by atoms with Crippen LogP contribution in [-0.2, 0) is 13.1 Å². The fraction of sp³-hybridized carbons (Fsp3) is 0.222. The maximum Gasteiger partial charge on any atom is 0.248 e. The van der Waals surface area contributed by atoms with Crippen LogP contribution in [0.1, 0.15) is 28.4 Å². The highest BCUT2D eigenvalue weighted by atomic mass is 127. The number of nitrogens with one attached hydrogen (secondary N) is 2. The van der Waals surface area contributed by atoms with E-state index in [0.717, 1.165) is 23.6 Å². The van der Waals surface area contributed by atoms with Gasteiger partial charge in [-0.2, -0.15) is 0 Å². The molecule has 2 rings (SSSR count). The van der Waals surface area contributed by atoms with Gasteiger partial charge in [-0.25, -0.2) is 4.99 Å². The number of amides is 1. The molecular formula is C18H23IN4O. The Morgan fingerprint density at radius 1 is 1.00 bits per heavy atom. The number of hydrogen-bond acceptors (Lipinski definition) is 2. The molecule has 0 fully saturated rings. The van der Waals surface area contributed by atoms with Crippen molar-refractivity contribution in [2.75, 3.05) is 6.54 Å². The topological polar surface area (TPSA) is 79.5 Å². The molecule has 0 aliphatic rings. The Balaban J connectivity index is 0.00000288. The van der Waals surface area contributed by atoms with Gasteiger partial charge >= 0.3 is 0 Å². The quantitative estimate of drug-likeness (QED) is 0.369. The van der Waals surface area contributed by atoms with Gasteiger partial charge in [0.1, 0.15) is 0 Å². The molecule has 24 heavy (non-hydrogen) atoms. The number of nitrogens with two attached hydrogens (primary N) is 1. The van der Waals surface area contributed by atoms with Crippen molar-refractivity contribution in [3.8, 4) is 0 Å². The maximum atomic E-state index is 11.1. The van der Waals surface area contributed by atoms with Crippen LogP contribution in [-0.4, -0.2) is 18.4 Å². The Morgan fingerprint density at radius 3 is 2.25 bits per heavy atom. The zero-order valence-corrected chi connectivity index (χ0v) is 16.0. The second-order valence-electron chi connectivity index (χ2n) is 5.10. The van der Waals surface area contributed by atoms with Crippen LogP contribution in [0.15, 0.2) is 59.6 Å². The van der Waals surface area contributed by atoms with Crippen LogP contribution in [0.2, 0.25) is 0 Å². The van der Waals surface area contributed by atoms with Crippen molar-refractivity contribution in [3.05, 3.63) is 71.3 Å². The summed E-state index contributed by atoms with van der Waals surface area (Å²) in [6.07, 6.45) is 0. The fourth-order valence-electron chi connectivity index (χ4n) is 2.07. The lowest BCUT2D eigenvalue weighted by Crippen LogP contribution is -2.36. The third kappa shape index (κ3) is 6.57. The van der Waals surface area contributed by atoms with Gasteiger partial charge in [-0.3, -0.25) is 4.79 Å². The average Bonchev–Trinajstić information content (AvgIpc) is 2.58. The van der Waals surface area contributed by atoms with Crippen LogP contribution in [0, 0.1) is 0 Å². The lowest BCUT2D eigenvalue weighted by atomic mass is 10.1. The van der Waals surface area contributed by atoms with E-state index < -0.39 is 5.91 Å². The molecule has 0 aliphatic carbocycles. The molecule has 0 atom stereocenters. The molecule has 0 spiro atoms. The normalized spacial score (nSPS) is 10.6. The summed E-state index contributed by atoms with van der Waals surface area (Å²) >= 11 is 0. The number of primary amides is 1. The number of guanidine groups is 1. The molecule has 0 bridgehead atoms. The summed E-state index contributed by atoms with van der Waals surface area (Å²) in [4.78, 5) is 15.6. The Bertz CT molecular complexity index is 656. The maximum absolute atomic E-state index is 11.1. The largest absolute Gasteiger partial charge is 0.366 e. The Kier molecular flexibility index (Phi) is 8.85. The molecule has 5 nitrogen and oxygen atoms in total. The van der Waals surface area contributed by atoms with Gasteiger partial charge in [0, 0.05) is 18.7 Å². The van der Waals surface area contributed by atoms with E-state index in [1.165, 1.54) is 0 Å². The van der Waals surface area contributed by atoms with Gasteiger partial charge in [0.25, 0.3) is 0 Å². The van der Waals surface area contributed by atoms with E-state index in [1.807, 2.05) is 37.3 Å². The second kappa shape index (κ2) is 10.6. The Hall–Kier alpha value is -2.09. The third-order valence-corrected chi connectivity index (χ3v) is 3.31. The molecule has 2 aromatic rings. The highest BCUT2D eigenvalue weighted by molar-refractivity contribution is 14.0. The SMILES string of the molecule is CCNC(=NCc1ccccc1)NCc1ccc(C(N)=O)cc1.I. The number of rotatable bonds is 6. The number of hydrogen-bond donors (Lipinski definition) is 3. The number of carbonyl (C=O) groups excluding carboxylic acids is 1. The van der Waals surface area contributed by atoms with Crippen molar-refractivity contribution in [2.24, 2.45) is 10.7 Å². The number of nitrogens with zero attached hydrogens (tertiary/aromatic N) is 1. The first kappa shape index (κ1) is 20.0. The van der Waals surface area contributed by atoms with Crippen LogP contribution in [0.5, 0.6) is 0 Å². The lowest BCUT2D eigenvalue weighted by molar-refractivity contribution is 0.100. The van der Waals surface area contributed by atoms with E-state index in [1.54, 1.807) is 12.1 Å². The first-order chi connectivity index (χ1) is 11.2. The van der Waals surface area contributed by atoms with Crippen molar-refractivity contribution in [1.29, 1.82) is 0 Å². The standard InChI is InChI=1S/C18H22N4O.HI/c1-2-20-18(21-12-14-6-4-3-5-7-14)22-13-15-8-10-16(11-9-15)17(19)23;/h3-11H,2,12-13H2,1H3,(H2,19,23)(H2,20,21,22);1H. The minimum Gasteiger partial charge on any atom is -0.366 e. The first-order valence-corrected chi connectivity index (χ1v) is 7.64. The van der Waals surface area contributed by atoms with Crippen LogP contribution < -0.4 is 16.4 Å². The third-order valence-electron chi connectivity index (χ3n) is 3.31. The first-order valence-electron chi connectivity index (χ1n) is 7.64. The van der Waals surface area contributed by atoms with Gasteiger partial charge in [-0.15, -0.1) is 24.0 Å². The molecule has 0 heterocycles. The molecule has 0 aromatic heterocycles. The van der Waals surface area contributed by atoms with Gasteiger partial charge < -0.3 is 16.4 Å². The molecule has 0 saturated carbocycles. The molecule has 0 aliphatic heterocycles. The smallest absolute Gasteiger partial charge is 0.248 e. The van der Waals surface area contributed by atoms with E-state index >= 15 is 0 Å². The number of carbonyl (C=O) groups is 1. The molecule has 2 aromatic carbocycles. The Labute approximate surface area is 159 Å². The highest BCUT2D eigenvalue weighted by Gasteiger charge is 2.01. The molecule has 128 valence electrons. The fourth-order valence-corrected chi connectivity index (χ4v) is 2.07. The number of halogens is 1. The van der Waals surface area contributed by atoms with Crippen molar-refractivity contribution in [1.82, 2.24) is 10.6 Å². The molecule has 1 amide bonds. The monoisotopic (exact) mass is 438 g/mol. The van der Waals surface area contributed by atoms with Crippen LogP contribution >= 0.6 is 24.0 Å². The lowest BCUT2D eigenvalue weighted by Gasteiger charge is -2.11. The summed E-state index contributed by atoms with van der Waals surface area (Å²) in [6.45, 7) is 4.07. The summed E-state index contributed by atoms with van der Waals surface area (Å²) in [6, 6.07) is 17.3. The molecule has 0 saturated heterocycles. The van der Waals surface area contributed by atoms with E-state index in [9.17, 15) is 4.79 Å². The highest BCUT2D eigenvalue weighted by Crippen LogP contribution is 2.04. The summed E-state index contributed by atoms with van der Waals surface area (Å²) in [5, 5.41) is 6.50. The zero-order chi connectivity index (χ0) is 16.5. The summed E-state index contributed by atoms with van der Waals surface area (Å²) in [5.74, 6) is 0.345. The van der Waals surface area contributed by atoms with E-state index in [2.05, 4.69) is 27.8 Å². The van der Waals surface area contributed by atoms with Gasteiger partial charge in [0.15, 0.2) is 5.96 Å². The van der Waals surface area contributed by atoms with Crippen LogP contribution in [0.4, 0.5) is 0 Å². The minimum absolute atomic E-state index is 0. The van der Waals surface area contributed by atoms with Crippen molar-refractivity contribution in [2.45, 2.75) is 20.0 Å². The minimum atomic E-state index is -0.415. The van der Waals surface area contributed by atoms with Crippen molar-refractivity contribution >= 4 is 35.8 Å². The second-order valence-corrected chi connectivity index (χ2v) is 5.10. The zero-order valence-electron chi connectivity index (χ0n) is 13.7. The number of benzene rings is 2. The predicted molar refractivity (Wildman–Crippen MR) is 108 cm³/mol. The molecule has 0 unspecified atom stereocenters. The molecule has 6 heteroatoms. The van der Waals surface area contributed by atoms with E-state index in [0.29, 0.717) is 18.7 Å².